The summed E-state index contributed by atoms with van der Waals surface area (Å²) in [7, 11) is 0. The number of hydrogen-bond acceptors (Lipinski definition) is 0. The van der Waals surface area contributed by atoms with Crippen LogP contribution in [0.5, 0.6) is 0 Å². The Balaban J connectivity index is 1.92. The average Bonchev–Trinajstić information content (AvgIpc) is 2.57. The van der Waals surface area contributed by atoms with Gasteiger partial charge in [-0.25, -0.2) is 0 Å². The molecule has 0 atom stereocenters. The molecule has 0 aromatic carbocycles. The van der Waals surface area contributed by atoms with Crippen molar-refractivity contribution in [2.75, 3.05) is 5.33 Å². The number of rotatable bonds is 6. The Bertz CT molecular complexity index is 168. The first-order chi connectivity index (χ1) is 5.93. The van der Waals surface area contributed by atoms with E-state index in [2.05, 4.69) is 34.2 Å². The molecule has 0 saturated carbocycles. The molecule has 0 aliphatic heterocycles. The van der Waals surface area contributed by atoms with Gasteiger partial charge in [0, 0.05) is 5.33 Å². The van der Waals surface area contributed by atoms with Crippen molar-refractivity contribution in [3.8, 4) is 0 Å². The Morgan fingerprint density at radius 3 is 2.67 bits per heavy atom. The fourth-order valence-corrected chi connectivity index (χ4v) is 1.87. The van der Waals surface area contributed by atoms with Gasteiger partial charge in [0.05, 0.1) is 0 Å². The Morgan fingerprint density at radius 1 is 1.17 bits per heavy atom. The SMILES string of the molecule is BrCCCCCCC1=CCC=C1. The lowest BCUT2D eigenvalue weighted by Gasteiger charge is -1.99. The number of allylic oxidation sites excluding steroid dienone is 4. The van der Waals surface area contributed by atoms with Gasteiger partial charge in [-0.05, 0) is 25.7 Å². The molecule has 0 heterocycles. The smallest absolute Gasteiger partial charge is 0.00313 e. The van der Waals surface area contributed by atoms with Crippen molar-refractivity contribution in [1.82, 2.24) is 0 Å². The summed E-state index contributed by atoms with van der Waals surface area (Å²) in [6, 6.07) is 0. The van der Waals surface area contributed by atoms with Crippen LogP contribution in [-0.4, -0.2) is 5.33 Å². The minimum Gasteiger partial charge on any atom is -0.0928 e. The lowest BCUT2D eigenvalue weighted by molar-refractivity contribution is 0.673. The van der Waals surface area contributed by atoms with Gasteiger partial charge in [-0.2, -0.15) is 0 Å². The Morgan fingerprint density at radius 2 is 2.00 bits per heavy atom. The maximum atomic E-state index is 3.45. The molecule has 0 nitrogen and oxygen atoms in total. The van der Waals surface area contributed by atoms with Crippen molar-refractivity contribution in [1.29, 1.82) is 0 Å². The van der Waals surface area contributed by atoms with Crippen molar-refractivity contribution in [2.45, 2.75) is 38.5 Å². The van der Waals surface area contributed by atoms with Crippen LogP contribution in [0.4, 0.5) is 0 Å². The topological polar surface area (TPSA) is 0 Å². The van der Waals surface area contributed by atoms with Gasteiger partial charge in [-0.1, -0.05) is 52.6 Å². The highest BCUT2D eigenvalue weighted by atomic mass is 79.9. The van der Waals surface area contributed by atoms with Gasteiger partial charge in [0.2, 0.25) is 0 Å². The molecular formula is C11H17Br. The average molecular weight is 229 g/mol. The van der Waals surface area contributed by atoms with Gasteiger partial charge in [0.25, 0.3) is 0 Å². The number of unbranched alkanes of at least 4 members (excludes halogenated alkanes) is 3. The van der Waals surface area contributed by atoms with Gasteiger partial charge in [0.1, 0.15) is 0 Å². The van der Waals surface area contributed by atoms with Crippen LogP contribution in [0.25, 0.3) is 0 Å². The highest BCUT2D eigenvalue weighted by Crippen LogP contribution is 2.16. The van der Waals surface area contributed by atoms with Crippen LogP contribution in [-0.2, 0) is 0 Å². The van der Waals surface area contributed by atoms with Crippen LogP contribution < -0.4 is 0 Å². The highest BCUT2D eigenvalue weighted by Gasteiger charge is 1.96. The monoisotopic (exact) mass is 228 g/mol. The van der Waals surface area contributed by atoms with Crippen LogP contribution in [0.1, 0.15) is 38.5 Å². The number of alkyl halides is 1. The summed E-state index contributed by atoms with van der Waals surface area (Å²) in [5, 5.41) is 1.16. The summed E-state index contributed by atoms with van der Waals surface area (Å²) in [6.45, 7) is 0. The van der Waals surface area contributed by atoms with Gasteiger partial charge in [0.15, 0.2) is 0 Å². The highest BCUT2D eigenvalue weighted by molar-refractivity contribution is 9.09. The van der Waals surface area contributed by atoms with E-state index in [1.165, 1.54) is 32.1 Å². The zero-order valence-electron chi connectivity index (χ0n) is 7.56. The first kappa shape index (κ1) is 10.0. The summed E-state index contributed by atoms with van der Waals surface area (Å²) < 4.78 is 0. The molecule has 68 valence electrons. The Kier molecular flexibility index (Phi) is 5.42. The minimum atomic E-state index is 1.16. The van der Waals surface area contributed by atoms with Crippen molar-refractivity contribution < 1.29 is 0 Å². The molecule has 0 spiro atoms. The maximum absolute atomic E-state index is 3.45. The Labute approximate surface area is 83.9 Å². The summed E-state index contributed by atoms with van der Waals surface area (Å²) in [5.74, 6) is 0. The number of hydrogen-bond donors (Lipinski definition) is 0. The molecule has 0 aromatic rings. The maximum Gasteiger partial charge on any atom is 0.00313 e. The molecule has 0 fully saturated rings. The van der Waals surface area contributed by atoms with E-state index in [-0.39, 0.29) is 0 Å². The normalized spacial score (nSPS) is 15.2. The van der Waals surface area contributed by atoms with Crippen LogP contribution in [0.15, 0.2) is 23.8 Å². The summed E-state index contributed by atoms with van der Waals surface area (Å²) in [6.07, 6.45) is 14.8. The van der Waals surface area contributed by atoms with Crippen LogP contribution in [0.2, 0.25) is 0 Å². The van der Waals surface area contributed by atoms with E-state index in [1.807, 2.05) is 0 Å². The van der Waals surface area contributed by atoms with E-state index in [9.17, 15) is 0 Å². The van der Waals surface area contributed by atoms with E-state index in [4.69, 9.17) is 0 Å². The second-order valence-corrected chi connectivity index (χ2v) is 4.06. The third-order valence-electron chi connectivity index (χ3n) is 2.20. The van der Waals surface area contributed by atoms with E-state index in [0.717, 1.165) is 11.8 Å². The molecule has 1 aliphatic carbocycles. The van der Waals surface area contributed by atoms with Crippen LogP contribution in [0.3, 0.4) is 0 Å². The van der Waals surface area contributed by atoms with E-state index < -0.39 is 0 Å². The molecule has 0 saturated heterocycles. The molecule has 0 unspecified atom stereocenters. The third kappa shape index (κ3) is 4.10. The molecule has 12 heavy (non-hydrogen) atoms. The summed E-state index contributed by atoms with van der Waals surface area (Å²) >= 11 is 3.45. The first-order valence-corrected chi connectivity index (χ1v) is 5.97. The first-order valence-electron chi connectivity index (χ1n) is 4.85. The number of halogens is 1. The largest absolute Gasteiger partial charge is 0.0928 e. The van der Waals surface area contributed by atoms with Gasteiger partial charge < -0.3 is 0 Å². The lowest BCUT2D eigenvalue weighted by Crippen LogP contribution is -1.81. The molecule has 1 rings (SSSR count). The minimum absolute atomic E-state index is 1.16. The predicted octanol–water partition coefficient (Wildman–Crippen LogP) is 4.22. The van der Waals surface area contributed by atoms with Crippen LogP contribution in [0, 0.1) is 0 Å². The fraction of sp³-hybridized carbons (Fsp3) is 0.636. The van der Waals surface area contributed by atoms with Gasteiger partial charge >= 0.3 is 0 Å². The fourth-order valence-electron chi connectivity index (χ4n) is 1.47. The predicted molar refractivity (Wildman–Crippen MR) is 58.7 cm³/mol. The van der Waals surface area contributed by atoms with Crippen molar-refractivity contribution >= 4 is 15.9 Å². The molecule has 1 heteroatoms. The zero-order chi connectivity index (χ0) is 8.65. The quantitative estimate of drug-likeness (QED) is 0.472. The summed E-state index contributed by atoms with van der Waals surface area (Å²) in [4.78, 5) is 0. The zero-order valence-corrected chi connectivity index (χ0v) is 9.15. The molecule has 1 aliphatic rings. The second-order valence-electron chi connectivity index (χ2n) is 3.27. The van der Waals surface area contributed by atoms with Crippen molar-refractivity contribution in [3.63, 3.8) is 0 Å². The van der Waals surface area contributed by atoms with Gasteiger partial charge in [-0.3, -0.25) is 0 Å². The molecule has 0 bridgehead atoms. The van der Waals surface area contributed by atoms with Crippen molar-refractivity contribution in [3.05, 3.63) is 23.8 Å². The van der Waals surface area contributed by atoms with E-state index >= 15 is 0 Å². The molecular weight excluding hydrogens is 212 g/mol. The van der Waals surface area contributed by atoms with Crippen molar-refractivity contribution in [2.24, 2.45) is 0 Å². The molecule has 0 amide bonds. The van der Waals surface area contributed by atoms with Gasteiger partial charge in [-0.15, -0.1) is 0 Å². The molecule has 0 radical (unpaired) electrons. The Hall–Kier alpha value is -0.0400. The van der Waals surface area contributed by atoms with Crippen LogP contribution >= 0.6 is 15.9 Å². The van der Waals surface area contributed by atoms with E-state index in [1.54, 1.807) is 5.57 Å². The third-order valence-corrected chi connectivity index (χ3v) is 2.76. The lowest BCUT2D eigenvalue weighted by atomic mass is 10.1. The summed E-state index contributed by atoms with van der Waals surface area (Å²) in [5.41, 5.74) is 1.55. The second kappa shape index (κ2) is 6.47. The standard InChI is InChI=1S/C11H17Br/c12-10-6-2-1-3-7-11-8-4-5-9-11/h4,8-9H,1-3,5-7,10H2. The van der Waals surface area contributed by atoms with E-state index in [0.29, 0.717) is 0 Å². The molecule has 0 aromatic heterocycles. The molecule has 0 N–H and O–H groups in total.